The lowest BCUT2D eigenvalue weighted by Crippen LogP contribution is -2.36. The first kappa shape index (κ1) is 16.9. The van der Waals surface area contributed by atoms with E-state index in [1.54, 1.807) is 0 Å². The third-order valence-electron chi connectivity index (χ3n) is 3.49. The summed E-state index contributed by atoms with van der Waals surface area (Å²) in [6.07, 6.45) is 1.66. The molecule has 2 aromatic rings. The van der Waals surface area contributed by atoms with Crippen LogP contribution in [0.3, 0.4) is 0 Å². The van der Waals surface area contributed by atoms with Gasteiger partial charge in [0.2, 0.25) is 0 Å². The number of aryl methyl sites for hydroxylation is 2. The van der Waals surface area contributed by atoms with Crippen molar-refractivity contribution in [1.82, 2.24) is 24.9 Å². The number of ether oxygens (including phenoxy) is 1. The van der Waals surface area contributed by atoms with Crippen LogP contribution < -0.4 is 5.32 Å². The zero-order valence-electron chi connectivity index (χ0n) is 13.8. The molecule has 0 fully saturated rings. The Bertz CT molecular complexity index is 721. The Hall–Kier alpha value is -2.51. The van der Waals surface area contributed by atoms with E-state index in [-0.39, 0.29) is 24.4 Å². The van der Waals surface area contributed by atoms with Crippen molar-refractivity contribution in [2.75, 3.05) is 6.61 Å². The second-order valence-corrected chi connectivity index (χ2v) is 5.34. The number of fused-ring (bicyclic) bond motifs is 1. The van der Waals surface area contributed by atoms with E-state index < -0.39 is 5.97 Å². The fourth-order valence-corrected chi connectivity index (χ4v) is 2.21. The van der Waals surface area contributed by atoms with Crippen molar-refractivity contribution in [1.29, 1.82) is 0 Å². The van der Waals surface area contributed by atoms with E-state index in [0.29, 0.717) is 5.78 Å². The summed E-state index contributed by atoms with van der Waals surface area (Å²) < 4.78 is 6.43. The van der Waals surface area contributed by atoms with E-state index in [9.17, 15) is 9.59 Å². The Morgan fingerprint density at radius 3 is 2.61 bits per heavy atom. The fraction of sp³-hybridized carbons (Fsp3) is 0.533. The van der Waals surface area contributed by atoms with Gasteiger partial charge in [0, 0.05) is 17.4 Å². The monoisotopic (exact) mass is 319 g/mol. The molecule has 1 amide bonds. The third-order valence-corrected chi connectivity index (χ3v) is 3.49. The predicted molar refractivity (Wildman–Crippen MR) is 83.1 cm³/mol. The van der Waals surface area contributed by atoms with Crippen molar-refractivity contribution in [2.45, 2.75) is 46.6 Å². The summed E-state index contributed by atoms with van der Waals surface area (Å²) in [5.41, 5.74) is 1.59. The van der Waals surface area contributed by atoms with E-state index in [1.165, 1.54) is 4.52 Å². The molecule has 0 saturated heterocycles. The van der Waals surface area contributed by atoms with Gasteiger partial charge in [-0.1, -0.05) is 13.8 Å². The van der Waals surface area contributed by atoms with Gasteiger partial charge in [-0.3, -0.25) is 4.79 Å². The van der Waals surface area contributed by atoms with Gasteiger partial charge in [-0.15, -0.1) is 5.10 Å². The van der Waals surface area contributed by atoms with Crippen molar-refractivity contribution < 1.29 is 14.3 Å². The lowest BCUT2D eigenvalue weighted by Gasteiger charge is -2.14. The van der Waals surface area contributed by atoms with Gasteiger partial charge in [0.25, 0.3) is 17.5 Å². The van der Waals surface area contributed by atoms with Gasteiger partial charge in [0.1, 0.15) is 0 Å². The number of nitrogens with zero attached hydrogens (tertiary/aromatic N) is 4. The Labute approximate surface area is 134 Å². The van der Waals surface area contributed by atoms with Crippen molar-refractivity contribution in [3.8, 4) is 0 Å². The van der Waals surface area contributed by atoms with Crippen LogP contribution in [0.5, 0.6) is 0 Å². The summed E-state index contributed by atoms with van der Waals surface area (Å²) in [6.45, 7) is 7.30. The molecule has 0 aromatic carbocycles. The number of amides is 1. The van der Waals surface area contributed by atoms with Crippen LogP contribution in [-0.4, -0.2) is 44.1 Å². The summed E-state index contributed by atoms with van der Waals surface area (Å²) in [5.74, 6) is -0.856. The number of aromatic nitrogens is 4. The largest absolute Gasteiger partial charge is 0.450 e. The molecule has 2 heterocycles. The smallest absolute Gasteiger partial charge is 0.378 e. The molecule has 0 atom stereocenters. The molecule has 0 saturated carbocycles. The molecule has 0 aliphatic heterocycles. The van der Waals surface area contributed by atoms with Crippen molar-refractivity contribution in [3.05, 3.63) is 23.3 Å². The van der Waals surface area contributed by atoms with Gasteiger partial charge >= 0.3 is 5.97 Å². The number of carbonyl (C=O) groups excluding carboxylic acids is 2. The molecule has 23 heavy (non-hydrogen) atoms. The number of nitrogens with one attached hydrogen (secondary N) is 1. The van der Waals surface area contributed by atoms with Crippen LogP contribution >= 0.6 is 0 Å². The number of carbonyl (C=O) groups is 2. The van der Waals surface area contributed by atoms with Crippen LogP contribution in [0.2, 0.25) is 0 Å². The molecule has 0 radical (unpaired) electrons. The molecule has 2 rings (SSSR count). The van der Waals surface area contributed by atoms with Crippen LogP contribution in [-0.2, 0) is 9.53 Å². The van der Waals surface area contributed by atoms with Crippen molar-refractivity contribution in [3.63, 3.8) is 0 Å². The Morgan fingerprint density at radius 1 is 1.26 bits per heavy atom. The fourth-order valence-electron chi connectivity index (χ4n) is 2.21. The molecular weight excluding hydrogens is 298 g/mol. The van der Waals surface area contributed by atoms with E-state index in [2.05, 4.69) is 20.4 Å². The SMILES string of the molecule is CCC(CC)NC(=O)COC(=O)c1nc2nc(C)cc(C)n2n1. The standard InChI is InChI=1S/C15H21N5O3/c1-5-11(6-2)17-12(21)8-23-14(22)13-18-15-16-9(3)7-10(4)20(15)19-13/h7,11H,5-6,8H2,1-4H3,(H,17,21). The topological polar surface area (TPSA) is 98.5 Å². The van der Waals surface area contributed by atoms with Crippen LogP contribution in [0.25, 0.3) is 5.78 Å². The molecule has 0 aliphatic rings. The molecule has 8 nitrogen and oxygen atoms in total. The minimum absolute atomic E-state index is 0.0874. The lowest BCUT2D eigenvalue weighted by molar-refractivity contribution is -0.125. The third kappa shape index (κ3) is 4.02. The van der Waals surface area contributed by atoms with E-state index in [1.807, 2.05) is 33.8 Å². The molecule has 8 heteroatoms. The maximum Gasteiger partial charge on any atom is 0.378 e. The number of hydrogen-bond acceptors (Lipinski definition) is 6. The number of esters is 1. The highest BCUT2D eigenvalue weighted by molar-refractivity contribution is 5.88. The van der Waals surface area contributed by atoms with Crippen molar-refractivity contribution >= 4 is 17.7 Å². The number of rotatable bonds is 6. The van der Waals surface area contributed by atoms with E-state index >= 15 is 0 Å². The molecule has 0 spiro atoms. The van der Waals surface area contributed by atoms with Crippen LogP contribution in [0, 0.1) is 13.8 Å². The summed E-state index contributed by atoms with van der Waals surface area (Å²) >= 11 is 0. The second kappa shape index (κ2) is 7.17. The normalized spacial score (nSPS) is 11.0. The zero-order valence-corrected chi connectivity index (χ0v) is 13.8. The molecule has 0 bridgehead atoms. The summed E-state index contributed by atoms with van der Waals surface area (Å²) in [7, 11) is 0. The first-order valence-corrected chi connectivity index (χ1v) is 7.62. The van der Waals surface area contributed by atoms with Crippen LogP contribution in [0.4, 0.5) is 0 Å². The first-order valence-electron chi connectivity index (χ1n) is 7.62. The maximum atomic E-state index is 12.0. The van der Waals surface area contributed by atoms with Gasteiger partial charge in [-0.05, 0) is 32.8 Å². The molecule has 1 N–H and O–H groups in total. The Kier molecular flexibility index (Phi) is 5.25. The Morgan fingerprint density at radius 2 is 1.96 bits per heavy atom. The van der Waals surface area contributed by atoms with Gasteiger partial charge in [-0.2, -0.15) is 4.98 Å². The van der Waals surface area contributed by atoms with Gasteiger partial charge in [0.05, 0.1) is 0 Å². The average molecular weight is 319 g/mol. The quantitative estimate of drug-likeness (QED) is 0.803. The van der Waals surface area contributed by atoms with Crippen molar-refractivity contribution in [2.24, 2.45) is 0 Å². The van der Waals surface area contributed by atoms with Crippen LogP contribution in [0.1, 0.15) is 48.7 Å². The average Bonchev–Trinajstić information content (AvgIpc) is 2.94. The number of hydrogen-bond donors (Lipinski definition) is 1. The molecule has 0 unspecified atom stereocenters. The highest BCUT2D eigenvalue weighted by atomic mass is 16.5. The lowest BCUT2D eigenvalue weighted by atomic mass is 10.2. The summed E-state index contributed by atoms with van der Waals surface area (Å²) in [4.78, 5) is 31.9. The zero-order chi connectivity index (χ0) is 17.0. The molecular formula is C15H21N5O3. The first-order chi connectivity index (χ1) is 10.9. The van der Waals surface area contributed by atoms with Gasteiger partial charge in [-0.25, -0.2) is 14.3 Å². The molecule has 2 aromatic heterocycles. The highest BCUT2D eigenvalue weighted by Crippen LogP contribution is 2.06. The molecule has 0 aliphatic carbocycles. The summed E-state index contributed by atoms with van der Waals surface area (Å²) in [6, 6.07) is 1.92. The van der Waals surface area contributed by atoms with E-state index in [4.69, 9.17) is 4.74 Å². The minimum Gasteiger partial charge on any atom is -0.450 e. The van der Waals surface area contributed by atoms with Gasteiger partial charge < -0.3 is 10.1 Å². The summed E-state index contributed by atoms with van der Waals surface area (Å²) in [5, 5.41) is 6.85. The second-order valence-electron chi connectivity index (χ2n) is 5.34. The molecule has 124 valence electrons. The Balaban J connectivity index is 2.01. The predicted octanol–water partition coefficient (Wildman–Crippen LogP) is 1.20. The van der Waals surface area contributed by atoms with E-state index in [0.717, 1.165) is 24.2 Å². The maximum absolute atomic E-state index is 12.0. The minimum atomic E-state index is -0.743. The van der Waals surface area contributed by atoms with Gasteiger partial charge in [0.15, 0.2) is 6.61 Å². The van der Waals surface area contributed by atoms with Crippen LogP contribution in [0.15, 0.2) is 6.07 Å². The highest BCUT2D eigenvalue weighted by Gasteiger charge is 2.18.